The molecule has 0 heterocycles. The van der Waals surface area contributed by atoms with Gasteiger partial charge in [0.1, 0.15) is 10.6 Å². The van der Waals surface area contributed by atoms with E-state index in [1.807, 2.05) is 0 Å². The molecule has 0 spiro atoms. The fourth-order valence-electron chi connectivity index (χ4n) is 3.60. The van der Waals surface area contributed by atoms with Gasteiger partial charge in [-0.3, -0.25) is 4.79 Å². The molecule has 4 nitrogen and oxygen atoms in total. The number of carbonyl (C=O) groups excluding carboxylic acids is 2. The zero-order valence-electron chi connectivity index (χ0n) is 16.6. The van der Waals surface area contributed by atoms with Crippen LogP contribution in [-0.4, -0.2) is 35.8 Å². The molecular weight excluding hydrogens is 547 g/mol. The molecule has 1 saturated carbocycles. The van der Waals surface area contributed by atoms with E-state index in [1.165, 1.54) is 18.2 Å². The van der Waals surface area contributed by atoms with Crippen LogP contribution >= 0.6 is 58.0 Å². The van der Waals surface area contributed by atoms with Crippen LogP contribution in [0.4, 0.5) is 18.9 Å². The van der Waals surface area contributed by atoms with Gasteiger partial charge < -0.3 is 15.4 Å². The lowest BCUT2D eigenvalue weighted by atomic mass is 10.00. The summed E-state index contributed by atoms with van der Waals surface area (Å²) in [6, 6.07) is 9.09. The Balaban J connectivity index is 1.75. The van der Waals surface area contributed by atoms with Crippen LogP contribution in [0.25, 0.3) is 0 Å². The van der Waals surface area contributed by atoms with E-state index in [-0.39, 0.29) is 17.1 Å². The third kappa shape index (κ3) is 5.65. The lowest BCUT2D eigenvalue weighted by Gasteiger charge is -2.15. The van der Waals surface area contributed by atoms with Gasteiger partial charge in [-0.1, -0.05) is 58.0 Å². The van der Waals surface area contributed by atoms with Crippen molar-refractivity contribution in [3.05, 3.63) is 62.6 Å². The minimum Gasteiger partial charge on any atom is -0.384 e. The standard InChI is InChI=1S/C21H16Cl5F3N2O2/c22-12-5-11(6-13(23)7-12)17-19(10-32,21(17,25)26)9-31-14-1-2-16(24)15(8-14)18(33)30-4-3-20(27,28)29/h1-2,5-8,10,17,31H,3-4,9H2,(H,30,33). The van der Waals surface area contributed by atoms with Crippen LogP contribution in [0.1, 0.15) is 28.3 Å². The molecule has 2 atom stereocenters. The third-order valence-corrected chi connectivity index (χ3v) is 7.24. The number of alkyl halides is 5. The maximum atomic E-state index is 12.3. The first kappa shape index (κ1) is 26.2. The quantitative estimate of drug-likeness (QED) is 0.272. The number of nitrogens with one attached hydrogen (secondary N) is 2. The molecule has 2 N–H and O–H groups in total. The van der Waals surface area contributed by atoms with Gasteiger partial charge in [-0.05, 0) is 42.0 Å². The number of aldehydes is 1. The molecule has 3 rings (SSSR count). The predicted molar refractivity (Wildman–Crippen MR) is 125 cm³/mol. The normalized spacial score (nSPS) is 21.4. The minimum atomic E-state index is -4.40. The Morgan fingerprint density at radius 3 is 2.27 bits per heavy atom. The monoisotopic (exact) mass is 560 g/mol. The van der Waals surface area contributed by atoms with Gasteiger partial charge in [0.05, 0.1) is 22.4 Å². The van der Waals surface area contributed by atoms with E-state index in [1.54, 1.807) is 18.2 Å². The van der Waals surface area contributed by atoms with Gasteiger partial charge in [-0.15, -0.1) is 0 Å². The lowest BCUT2D eigenvalue weighted by Crippen LogP contribution is -2.28. The molecule has 1 aliphatic rings. The van der Waals surface area contributed by atoms with Crippen LogP contribution < -0.4 is 10.6 Å². The van der Waals surface area contributed by atoms with E-state index in [2.05, 4.69) is 10.6 Å². The number of hydrogen-bond donors (Lipinski definition) is 2. The number of rotatable bonds is 8. The van der Waals surface area contributed by atoms with E-state index in [9.17, 15) is 22.8 Å². The Morgan fingerprint density at radius 1 is 1.06 bits per heavy atom. The number of hydrogen-bond acceptors (Lipinski definition) is 3. The Labute approximate surface area is 212 Å². The summed E-state index contributed by atoms with van der Waals surface area (Å²) in [5.74, 6) is -1.37. The molecule has 1 fully saturated rings. The highest BCUT2D eigenvalue weighted by Gasteiger charge is 2.76. The van der Waals surface area contributed by atoms with E-state index >= 15 is 0 Å². The summed E-state index contributed by atoms with van der Waals surface area (Å²) < 4.78 is 35.5. The average Bonchev–Trinajstić information content (AvgIpc) is 3.20. The smallest absolute Gasteiger partial charge is 0.384 e. The number of halogens is 8. The van der Waals surface area contributed by atoms with Crippen LogP contribution in [0.15, 0.2) is 36.4 Å². The van der Waals surface area contributed by atoms with Crippen molar-refractivity contribution in [2.75, 3.05) is 18.4 Å². The Morgan fingerprint density at radius 2 is 1.70 bits per heavy atom. The van der Waals surface area contributed by atoms with Gasteiger partial charge in [0.15, 0.2) is 0 Å². The second kappa shape index (κ2) is 9.70. The zero-order valence-corrected chi connectivity index (χ0v) is 20.4. The minimum absolute atomic E-state index is 0.00490. The molecule has 1 aliphatic carbocycles. The highest BCUT2D eigenvalue weighted by atomic mass is 35.5. The first-order valence-corrected chi connectivity index (χ1v) is 11.4. The average molecular weight is 563 g/mol. The molecular formula is C21H16Cl5F3N2O2. The Bertz CT molecular complexity index is 1060. The summed E-state index contributed by atoms with van der Waals surface area (Å²) in [6.07, 6.45) is -4.91. The summed E-state index contributed by atoms with van der Waals surface area (Å²) in [4.78, 5) is 24.3. The van der Waals surface area contributed by atoms with Gasteiger partial charge in [0, 0.05) is 34.7 Å². The van der Waals surface area contributed by atoms with Crippen LogP contribution in [0.3, 0.4) is 0 Å². The van der Waals surface area contributed by atoms with Crippen molar-refractivity contribution in [1.29, 1.82) is 0 Å². The fourth-order valence-corrected chi connectivity index (χ4v) is 5.32. The molecule has 0 aliphatic heterocycles. The van der Waals surface area contributed by atoms with E-state index in [0.717, 1.165) is 0 Å². The van der Waals surface area contributed by atoms with Crippen molar-refractivity contribution >= 4 is 75.9 Å². The summed E-state index contributed by atoms with van der Waals surface area (Å²) in [6.45, 7) is -0.593. The predicted octanol–water partition coefficient (Wildman–Crippen LogP) is 6.90. The molecule has 33 heavy (non-hydrogen) atoms. The summed E-state index contributed by atoms with van der Waals surface area (Å²) in [7, 11) is 0. The van der Waals surface area contributed by atoms with Crippen LogP contribution in [0.2, 0.25) is 15.1 Å². The second-order valence-electron chi connectivity index (χ2n) is 7.59. The summed E-state index contributed by atoms with van der Waals surface area (Å²) >= 11 is 31.1. The van der Waals surface area contributed by atoms with E-state index in [0.29, 0.717) is 27.6 Å². The van der Waals surface area contributed by atoms with Gasteiger partial charge >= 0.3 is 6.18 Å². The van der Waals surface area contributed by atoms with Crippen molar-refractivity contribution in [2.24, 2.45) is 5.41 Å². The molecule has 1 amide bonds. The van der Waals surface area contributed by atoms with Crippen molar-refractivity contribution in [3.63, 3.8) is 0 Å². The van der Waals surface area contributed by atoms with Crippen LogP contribution in [0.5, 0.6) is 0 Å². The van der Waals surface area contributed by atoms with Crippen molar-refractivity contribution < 1.29 is 22.8 Å². The van der Waals surface area contributed by atoms with E-state index < -0.39 is 40.7 Å². The van der Waals surface area contributed by atoms with Gasteiger partial charge in [-0.2, -0.15) is 13.2 Å². The number of benzene rings is 2. The number of carbonyl (C=O) groups is 2. The third-order valence-electron chi connectivity index (χ3n) is 5.33. The summed E-state index contributed by atoms with van der Waals surface area (Å²) in [5, 5.41) is 5.95. The van der Waals surface area contributed by atoms with Crippen molar-refractivity contribution in [3.8, 4) is 0 Å². The zero-order chi connectivity index (χ0) is 24.6. The largest absolute Gasteiger partial charge is 0.390 e. The highest BCUT2D eigenvalue weighted by molar-refractivity contribution is 6.54. The van der Waals surface area contributed by atoms with E-state index in [4.69, 9.17) is 58.0 Å². The maximum Gasteiger partial charge on any atom is 0.390 e. The van der Waals surface area contributed by atoms with Gasteiger partial charge in [-0.25, -0.2) is 0 Å². The highest BCUT2D eigenvalue weighted by Crippen LogP contribution is 2.73. The number of anilines is 1. The Kier molecular flexibility index (Phi) is 7.71. The second-order valence-corrected chi connectivity index (χ2v) is 10.3. The fraction of sp³-hybridized carbons (Fsp3) is 0.333. The molecule has 2 aromatic rings. The molecule has 12 heteroatoms. The van der Waals surface area contributed by atoms with Crippen molar-refractivity contribution in [2.45, 2.75) is 22.8 Å². The molecule has 0 aromatic heterocycles. The van der Waals surface area contributed by atoms with Crippen LogP contribution in [-0.2, 0) is 4.79 Å². The molecule has 0 radical (unpaired) electrons. The molecule has 0 saturated heterocycles. The first-order valence-electron chi connectivity index (χ1n) is 9.49. The van der Waals surface area contributed by atoms with Gasteiger partial charge in [0.2, 0.25) is 0 Å². The first-order chi connectivity index (χ1) is 15.3. The van der Waals surface area contributed by atoms with Crippen molar-refractivity contribution in [1.82, 2.24) is 5.32 Å². The molecule has 178 valence electrons. The maximum absolute atomic E-state index is 12.3. The summed E-state index contributed by atoms with van der Waals surface area (Å²) in [5.41, 5.74) is -0.271. The van der Waals surface area contributed by atoms with Crippen LogP contribution in [0, 0.1) is 5.41 Å². The molecule has 2 unspecified atom stereocenters. The SMILES string of the molecule is O=CC1(CNc2ccc(Cl)c(C(=O)NCCC(F)(F)F)c2)C(c2cc(Cl)cc(Cl)c2)C1(Cl)Cl. The van der Waals surface area contributed by atoms with Gasteiger partial charge in [0.25, 0.3) is 5.91 Å². The lowest BCUT2D eigenvalue weighted by molar-refractivity contribution is -0.133. The Hall–Kier alpha value is -1.38. The molecule has 2 aromatic carbocycles. The number of amides is 1. The topological polar surface area (TPSA) is 58.2 Å². The molecule has 0 bridgehead atoms.